The Kier molecular flexibility index (Phi) is 4.25. The molecule has 1 fully saturated rings. The Morgan fingerprint density at radius 1 is 1.50 bits per heavy atom. The number of hydrogen-bond donors (Lipinski definition) is 1. The van der Waals surface area contributed by atoms with Crippen LogP contribution in [0, 0.1) is 5.92 Å². The lowest BCUT2D eigenvalue weighted by Gasteiger charge is -2.23. The summed E-state index contributed by atoms with van der Waals surface area (Å²) in [5.41, 5.74) is 0.885. The molecule has 5 heteroatoms. The van der Waals surface area contributed by atoms with Crippen LogP contribution >= 0.6 is 15.9 Å². The largest absolute Gasteiger partial charge is 0.392 e. The number of likely N-dealkylation sites (N-methyl/N-ethyl adjacent to an activating group) is 1. The first-order valence-electron chi connectivity index (χ1n) is 6.19. The van der Waals surface area contributed by atoms with Gasteiger partial charge in [0.15, 0.2) is 0 Å². The molecule has 2 atom stereocenters. The van der Waals surface area contributed by atoms with Crippen molar-refractivity contribution >= 4 is 21.7 Å². The van der Waals surface area contributed by atoms with Gasteiger partial charge in [0.1, 0.15) is 5.82 Å². The van der Waals surface area contributed by atoms with Crippen LogP contribution in [0.2, 0.25) is 0 Å². The van der Waals surface area contributed by atoms with Crippen LogP contribution in [-0.4, -0.2) is 48.2 Å². The molecule has 1 aromatic heterocycles. The number of anilines is 1. The predicted octanol–water partition coefficient (Wildman–Crippen LogP) is 1.72. The summed E-state index contributed by atoms with van der Waals surface area (Å²) in [4.78, 5) is 9.00. The molecule has 2 rings (SSSR count). The summed E-state index contributed by atoms with van der Waals surface area (Å²) in [6.07, 6.45) is 1.79. The SMILES string of the molecule is CC1CN(c2ncc(Br)cc2CO)CC1N(C)C. The van der Waals surface area contributed by atoms with E-state index in [1.54, 1.807) is 6.20 Å². The van der Waals surface area contributed by atoms with Crippen molar-refractivity contribution in [3.8, 4) is 0 Å². The Labute approximate surface area is 117 Å². The van der Waals surface area contributed by atoms with Crippen molar-refractivity contribution in [2.45, 2.75) is 19.6 Å². The van der Waals surface area contributed by atoms with Crippen molar-refractivity contribution in [2.75, 3.05) is 32.1 Å². The Morgan fingerprint density at radius 3 is 2.78 bits per heavy atom. The lowest BCUT2D eigenvalue weighted by atomic mass is 10.1. The molecule has 0 amide bonds. The second-order valence-electron chi connectivity index (χ2n) is 5.21. The quantitative estimate of drug-likeness (QED) is 0.922. The molecule has 1 N–H and O–H groups in total. The fraction of sp³-hybridized carbons (Fsp3) is 0.615. The van der Waals surface area contributed by atoms with E-state index in [0.717, 1.165) is 28.9 Å². The van der Waals surface area contributed by atoms with Gasteiger partial charge in [0.05, 0.1) is 6.61 Å². The van der Waals surface area contributed by atoms with Crippen LogP contribution in [-0.2, 0) is 6.61 Å². The Balaban J connectivity index is 2.23. The number of hydrogen-bond acceptors (Lipinski definition) is 4. The van der Waals surface area contributed by atoms with Crippen molar-refractivity contribution < 1.29 is 5.11 Å². The molecule has 0 radical (unpaired) electrons. The van der Waals surface area contributed by atoms with E-state index in [-0.39, 0.29) is 6.61 Å². The molecule has 100 valence electrons. The minimum Gasteiger partial charge on any atom is -0.392 e. The van der Waals surface area contributed by atoms with E-state index in [9.17, 15) is 5.11 Å². The minimum atomic E-state index is 0.0271. The maximum atomic E-state index is 9.45. The fourth-order valence-electron chi connectivity index (χ4n) is 2.67. The summed E-state index contributed by atoms with van der Waals surface area (Å²) in [6.45, 7) is 4.25. The second-order valence-corrected chi connectivity index (χ2v) is 6.12. The molecule has 1 aliphatic heterocycles. The minimum absolute atomic E-state index is 0.0271. The molecule has 0 aromatic carbocycles. The van der Waals surface area contributed by atoms with Crippen LogP contribution < -0.4 is 4.90 Å². The zero-order chi connectivity index (χ0) is 13.3. The molecule has 0 aliphatic carbocycles. The van der Waals surface area contributed by atoms with Crippen LogP contribution in [0.4, 0.5) is 5.82 Å². The normalized spacial score (nSPS) is 24.0. The van der Waals surface area contributed by atoms with Crippen molar-refractivity contribution in [3.05, 3.63) is 22.3 Å². The van der Waals surface area contributed by atoms with Gasteiger partial charge in [0.25, 0.3) is 0 Å². The zero-order valence-corrected chi connectivity index (χ0v) is 12.7. The lowest BCUT2D eigenvalue weighted by Crippen LogP contribution is -2.34. The first-order chi connectivity index (χ1) is 8.52. The number of aliphatic hydroxyl groups excluding tert-OH is 1. The third-order valence-electron chi connectivity index (χ3n) is 3.62. The summed E-state index contributed by atoms with van der Waals surface area (Å²) in [7, 11) is 4.24. The molecule has 1 saturated heterocycles. The van der Waals surface area contributed by atoms with E-state index in [1.165, 1.54) is 0 Å². The van der Waals surface area contributed by atoms with E-state index >= 15 is 0 Å². The maximum Gasteiger partial charge on any atom is 0.134 e. The Bertz CT molecular complexity index is 425. The first-order valence-corrected chi connectivity index (χ1v) is 6.99. The van der Waals surface area contributed by atoms with E-state index in [1.807, 2.05) is 6.07 Å². The first kappa shape index (κ1) is 13.8. The summed E-state index contributed by atoms with van der Waals surface area (Å²) >= 11 is 3.39. The standard InChI is InChI=1S/C13H20BrN3O/c1-9-6-17(7-12(9)16(2)3)13-10(8-18)4-11(14)5-15-13/h4-5,9,12,18H,6-8H2,1-3H3. The topological polar surface area (TPSA) is 39.6 Å². The molecule has 2 unspecified atom stereocenters. The molecule has 0 bridgehead atoms. The fourth-order valence-corrected chi connectivity index (χ4v) is 3.05. The summed E-state index contributed by atoms with van der Waals surface area (Å²) < 4.78 is 0.909. The van der Waals surface area contributed by atoms with Gasteiger partial charge in [0, 0.05) is 35.4 Å². The zero-order valence-electron chi connectivity index (χ0n) is 11.1. The van der Waals surface area contributed by atoms with Crippen LogP contribution in [0.1, 0.15) is 12.5 Å². The van der Waals surface area contributed by atoms with Crippen LogP contribution in [0.25, 0.3) is 0 Å². The molecule has 18 heavy (non-hydrogen) atoms. The smallest absolute Gasteiger partial charge is 0.134 e. The van der Waals surface area contributed by atoms with Crippen molar-refractivity contribution in [1.82, 2.24) is 9.88 Å². The summed E-state index contributed by atoms with van der Waals surface area (Å²) in [5.74, 6) is 1.52. The number of rotatable bonds is 3. The van der Waals surface area contributed by atoms with Gasteiger partial charge >= 0.3 is 0 Å². The monoisotopic (exact) mass is 313 g/mol. The highest BCUT2D eigenvalue weighted by atomic mass is 79.9. The average molecular weight is 314 g/mol. The number of nitrogens with zero attached hydrogens (tertiary/aromatic N) is 3. The molecule has 1 aromatic rings. The van der Waals surface area contributed by atoms with Gasteiger partial charge in [-0.1, -0.05) is 6.92 Å². The number of aromatic nitrogens is 1. The molecular weight excluding hydrogens is 294 g/mol. The average Bonchev–Trinajstić information content (AvgIpc) is 2.71. The number of aliphatic hydroxyl groups is 1. The predicted molar refractivity (Wildman–Crippen MR) is 76.7 cm³/mol. The van der Waals surface area contributed by atoms with Gasteiger partial charge < -0.3 is 14.9 Å². The van der Waals surface area contributed by atoms with E-state index in [2.05, 4.69) is 51.7 Å². The van der Waals surface area contributed by atoms with E-state index in [4.69, 9.17) is 0 Å². The van der Waals surface area contributed by atoms with Gasteiger partial charge in [-0.15, -0.1) is 0 Å². The summed E-state index contributed by atoms with van der Waals surface area (Å²) in [5, 5.41) is 9.45. The third-order valence-corrected chi connectivity index (χ3v) is 4.05. The second kappa shape index (κ2) is 5.55. The summed E-state index contributed by atoms with van der Waals surface area (Å²) in [6, 6.07) is 2.48. The highest BCUT2D eigenvalue weighted by Gasteiger charge is 2.32. The van der Waals surface area contributed by atoms with Gasteiger partial charge in [-0.25, -0.2) is 4.98 Å². The van der Waals surface area contributed by atoms with Crippen LogP contribution in [0.3, 0.4) is 0 Å². The van der Waals surface area contributed by atoms with Gasteiger partial charge in [-0.3, -0.25) is 0 Å². The van der Waals surface area contributed by atoms with E-state index in [0.29, 0.717) is 12.0 Å². The highest BCUT2D eigenvalue weighted by Crippen LogP contribution is 2.28. The van der Waals surface area contributed by atoms with Gasteiger partial charge in [-0.2, -0.15) is 0 Å². The van der Waals surface area contributed by atoms with E-state index < -0.39 is 0 Å². The van der Waals surface area contributed by atoms with Crippen LogP contribution in [0.5, 0.6) is 0 Å². The van der Waals surface area contributed by atoms with Crippen molar-refractivity contribution in [2.24, 2.45) is 5.92 Å². The van der Waals surface area contributed by atoms with Crippen molar-refractivity contribution in [3.63, 3.8) is 0 Å². The molecule has 0 saturated carbocycles. The molecular formula is C13H20BrN3O. The van der Waals surface area contributed by atoms with Gasteiger partial charge in [0.2, 0.25) is 0 Å². The molecule has 4 nitrogen and oxygen atoms in total. The highest BCUT2D eigenvalue weighted by molar-refractivity contribution is 9.10. The third kappa shape index (κ3) is 2.68. The Hall–Kier alpha value is -0.650. The Morgan fingerprint density at radius 2 is 2.22 bits per heavy atom. The number of halogens is 1. The molecule has 1 aliphatic rings. The lowest BCUT2D eigenvalue weighted by molar-refractivity contribution is 0.266. The number of pyridine rings is 1. The van der Waals surface area contributed by atoms with Crippen LogP contribution in [0.15, 0.2) is 16.7 Å². The van der Waals surface area contributed by atoms with Crippen molar-refractivity contribution in [1.29, 1.82) is 0 Å². The molecule has 0 spiro atoms. The molecule has 2 heterocycles. The maximum absolute atomic E-state index is 9.45. The van der Waals surface area contributed by atoms with Gasteiger partial charge in [-0.05, 0) is 42.0 Å².